The molecule has 1 fully saturated rings. The summed E-state index contributed by atoms with van der Waals surface area (Å²) in [5.41, 5.74) is 2.55. The smallest absolute Gasteiger partial charge is 0.377 e. The number of alkyl halides is 3. The molecule has 0 saturated carbocycles. The van der Waals surface area contributed by atoms with Crippen LogP contribution in [0.15, 0.2) is 41.3 Å². The Labute approximate surface area is 205 Å². The van der Waals surface area contributed by atoms with Crippen molar-refractivity contribution in [1.29, 1.82) is 0 Å². The zero-order chi connectivity index (χ0) is 25.3. The minimum absolute atomic E-state index is 0.0906. The molecule has 2 N–H and O–H groups in total. The summed E-state index contributed by atoms with van der Waals surface area (Å²) in [6.07, 6.45) is -2.40. The highest BCUT2D eigenvalue weighted by Gasteiger charge is 2.34. The van der Waals surface area contributed by atoms with Crippen LogP contribution >= 0.6 is 0 Å². The molecular weight excluding hydrogens is 475 g/mol. The first-order valence-electron chi connectivity index (χ1n) is 11.7. The van der Waals surface area contributed by atoms with Gasteiger partial charge < -0.3 is 15.0 Å². The van der Waals surface area contributed by atoms with Crippen molar-refractivity contribution in [1.82, 2.24) is 24.8 Å². The van der Waals surface area contributed by atoms with Crippen LogP contribution in [0.2, 0.25) is 0 Å². The Hall–Kier alpha value is -3.51. The molecule has 1 saturated heterocycles. The maximum atomic E-state index is 13.1. The molecule has 190 valence electrons. The Kier molecular flexibility index (Phi) is 6.63. The predicted molar refractivity (Wildman–Crippen MR) is 128 cm³/mol. The van der Waals surface area contributed by atoms with Crippen LogP contribution in [0.3, 0.4) is 0 Å². The number of H-pyrrole nitrogens is 1. The van der Waals surface area contributed by atoms with E-state index in [4.69, 9.17) is 14.7 Å². The van der Waals surface area contributed by atoms with Crippen LogP contribution in [0.5, 0.6) is 0 Å². The summed E-state index contributed by atoms with van der Waals surface area (Å²) in [6.45, 7) is 3.29. The van der Waals surface area contributed by atoms with E-state index in [1.165, 1.54) is 11.1 Å². The molecule has 5 rings (SSSR count). The lowest BCUT2D eigenvalue weighted by atomic mass is 10.0. The van der Waals surface area contributed by atoms with E-state index >= 15 is 0 Å². The number of ether oxygens (including phenoxy) is 1. The molecule has 0 bridgehead atoms. The summed E-state index contributed by atoms with van der Waals surface area (Å²) in [5, 5.41) is 3.10. The maximum Gasteiger partial charge on any atom is 0.401 e. The van der Waals surface area contributed by atoms with E-state index < -0.39 is 18.4 Å². The third-order valence-corrected chi connectivity index (χ3v) is 6.26. The van der Waals surface area contributed by atoms with Crippen molar-refractivity contribution in [2.75, 3.05) is 43.1 Å². The second-order valence-electron chi connectivity index (χ2n) is 8.98. The SMILES string of the molecule is CC1COCCN1c1nc(-c2ccc(Nc3ccnc(=O)[nH]3)cc2)nc2c1CCN(CC(F)(F)F)C2. The van der Waals surface area contributed by atoms with Gasteiger partial charge in [0.15, 0.2) is 5.82 Å². The number of hydrogen-bond acceptors (Lipinski definition) is 8. The Balaban J connectivity index is 1.47. The van der Waals surface area contributed by atoms with Gasteiger partial charge in [-0.15, -0.1) is 0 Å². The van der Waals surface area contributed by atoms with Crippen LogP contribution in [0.1, 0.15) is 18.2 Å². The molecule has 9 nitrogen and oxygen atoms in total. The molecule has 36 heavy (non-hydrogen) atoms. The van der Waals surface area contributed by atoms with Gasteiger partial charge in [0.05, 0.1) is 31.5 Å². The van der Waals surface area contributed by atoms with Crippen LogP contribution in [-0.2, 0) is 17.7 Å². The molecule has 2 aliphatic heterocycles. The molecule has 0 spiro atoms. The molecule has 12 heteroatoms. The van der Waals surface area contributed by atoms with Gasteiger partial charge in [-0.1, -0.05) is 0 Å². The lowest BCUT2D eigenvalue weighted by molar-refractivity contribution is -0.147. The first kappa shape index (κ1) is 24.2. The number of morpholine rings is 1. The predicted octanol–water partition coefficient (Wildman–Crippen LogP) is 3.12. The molecule has 1 aromatic carbocycles. The quantitative estimate of drug-likeness (QED) is 0.550. The molecule has 3 aromatic rings. The highest BCUT2D eigenvalue weighted by atomic mass is 19.4. The number of anilines is 3. The molecule has 1 atom stereocenters. The fourth-order valence-electron chi connectivity index (χ4n) is 4.56. The lowest BCUT2D eigenvalue weighted by Gasteiger charge is -2.38. The number of nitrogens with one attached hydrogen (secondary N) is 2. The lowest BCUT2D eigenvalue weighted by Crippen LogP contribution is -2.46. The highest BCUT2D eigenvalue weighted by molar-refractivity contribution is 5.65. The van der Waals surface area contributed by atoms with Gasteiger partial charge in [0.1, 0.15) is 11.6 Å². The standard InChI is InChI=1S/C24H26F3N7O2/c1-15-13-36-11-10-34(15)22-18-7-9-33(14-24(25,26)27)12-19(18)30-21(32-22)16-2-4-17(5-3-16)29-20-6-8-28-23(35)31-20/h2-6,8,15H,7,9-14H2,1H3,(H2,28,29,31,35). The Bertz CT molecular complexity index is 1280. The van der Waals surface area contributed by atoms with E-state index in [2.05, 4.69) is 27.1 Å². The minimum atomic E-state index is -4.27. The molecular formula is C24H26F3N7O2. The summed E-state index contributed by atoms with van der Waals surface area (Å²) >= 11 is 0. The number of aromatic nitrogens is 4. The Morgan fingerprint density at radius 2 is 1.97 bits per heavy atom. The fraction of sp³-hybridized carbons (Fsp3) is 0.417. The van der Waals surface area contributed by atoms with Crippen LogP contribution < -0.4 is 15.9 Å². The molecule has 2 aliphatic rings. The van der Waals surface area contributed by atoms with Crippen LogP contribution in [-0.4, -0.2) is 69.9 Å². The van der Waals surface area contributed by atoms with Gasteiger partial charge in [-0.3, -0.25) is 9.88 Å². The fourth-order valence-corrected chi connectivity index (χ4v) is 4.56. The highest BCUT2D eigenvalue weighted by Crippen LogP contribution is 2.32. The maximum absolute atomic E-state index is 13.1. The number of fused-ring (bicyclic) bond motifs is 1. The van der Waals surface area contributed by atoms with E-state index in [9.17, 15) is 18.0 Å². The van der Waals surface area contributed by atoms with Gasteiger partial charge in [0.2, 0.25) is 0 Å². The monoisotopic (exact) mass is 501 g/mol. The van der Waals surface area contributed by atoms with Crippen molar-refractivity contribution >= 4 is 17.3 Å². The first-order chi connectivity index (χ1) is 17.2. The van der Waals surface area contributed by atoms with Crippen LogP contribution in [0, 0.1) is 0 Å². The molecule has 1 unspecified atom stereocenters. The molecule has 0 radical (unpaired) electrons. The van der Waals surface area contributed by atoms with Gasteiger partial charge in [-0.05, 0) is 43.7 Å². The first-order valence-corrected chi connectivity index (χ1v) is 11.7. The number of benzene rings is 1. The second kappa shape index (κ2) is 9.86. The average Bonchev–Trinajstić information content (AvgIpc) is 2.83. The van der Waals surface area contributed by atoms with Gasteiger partial charge in [-0.25, -0.2) is 19.7 Å². The van der Waals surface area contributed by atoms with Crippen molar-refractivity contribution in [2.45, 2.75) is 32.1 Å². The number of hydrogen-bond donors (Lipinski definition) is 2. The average molecular weight is 502 g/mol. The van der Waals surface area contributed by atoms with Crippen molar-refractivity contribution in [3.8, 4) is 11.4 Å². The van der Waals surface area contributed by atoms with E-state index in [0.29, 0.717) is 50.1 Å². The summed E-state index contributed by atoms with van der Waals surface area (Å²) in [6, 6.07) is 9.06. The second-order valence-corrected chi connectivity index (χ2v) is 8.98. The number of halogens is 3. The van der Waals surface area contributed by atoms with E-state index in [0.717, 1.165) is 22.6 Å². The summed E-state index contributed by atoms with van der Waals surface area (Å²) in [5.74, 6) is 1.73. The summed E-state index contributed by atoms with van der Waals surface area (Å²) < 4.78 is 44.8. The van der Waals surface area contributed by atoms with E-state index in [1.807, 2.05) is 24.3 Å². The minimum Gasteiger partial charge on any atom is -0.377 e. The zero-order valence-electron chi connectivity index (χ0n) is 19.7. The third kappa shape index (κ3) is 5.49. The normalized spacial score (nSPS) is 18.7. The van der Waals surface area contributed by atoms with E-state index in [1.54, 1.807) is 6.07 Å². The van der Waals surface area contributed by atoms with Crippen LogP contribution in [0.4, 0.5) is 30.5 Å². The van der Waals surface area contributed by atoms with Crippen molar-refractivity contribution < 1.29 is 17.9 Å². The largest absolute Gasteiger partial charge is 0.401 e. The zero-order valence-corrected chi connectivity index (χ0v) is 19.7. The Morgan fingerprint density at radius 3 is 2.69 bits per heavy atom. The van der Waals surface area contributed by atoms with Gasteiger partial charge in [0, 0.05) is 42.6 Å². The molecule has 2 aromatic heterocycles. The summed E-state index contributed by atoms with van der Waals surface area (Å²) in [7, 11) is 0. The van der Waals surface area contributed by atoms with Crippen LogP contribution in [0.25, 0.3) is 11.4 Å². The van der Waals surface area contributed by atoms with Gasteiger partial charge in [0.25, 0.3) is 0 Å². The van der Waals surface area contributed by atoms with E-state index in [-0.39, 0.29) is 12.6 Å². The summed E-state index contributed by atoms with van der Waals surface area (Å²) in [4.78, 5) is 30.8. The van der Waals surface area contributed by atoms with Gasteiger partial charge >= 0.3 is 11.9 Å². The number of aromatic amines is 1. The third-order valence-electron chi connectivity index (χ3n) is 6.26. The number of nitrogens with zero attached hydrogens (tertiary/aromatic N) is 5. The molecule has 4 heterocycles. The molecule has 0 amide bonds. The molecule has 0 aliphatic carbocycles. The van der Waals surface area contributed by atoms with Crippen molar-refractivity contribution in [2.24, 2.45) is 0 Å². The van der Waals surface area contributed by atoms with Crippen molar-refractivity contribution in [3.63, 3.8) is 0 Å². The van der Waals surface area contributed by atoms with Gasteiger partial charge in [-0.2, -0.15) is 13.2 Å². The number of rotatable bonds is 5. The van der Waals surface area contributed by atoms with Crippen molar-refractivity contribution in [3.05, 3.63) is 58.3 Å². The topological polar surface area (TPSA) is 99.3 Å². The Morgan fingerprint density at radius 1 is 1.17 bits per heavy atom.